The lowest BCUT2D eigenvalue weighted by molar-refractivity contribution is 0.346. The van der Waals surface area contributed by atoms with Crippen LogP contribution in [0.2, 0.25) is 0 Å². The molecular formula is C13H24N2O. The summed E-state index contributed by atoms with van der Waals surface area (Å²) in [6.45, 7) is 13.6. The summed E-state index contributed by atoms with van der Waals surface area (Å²) in [5.74, 6) is 0.770. The predicted molar refractivity (Wildman–Crippen MR) is 66.4 cm³/mol. The van der Waals surface area contributed by atoms with Gasteiger partial charge in [-0.05, 0) is 20.3 Å². The largest absolute Gasteiger partial charge is 0.447 e. The van der Waals surface area contributed by atoms with Crippen LogP contribution in [0.3, 0.4) is 0 Å². The second-order valence-corrected chi connectivity index (χ2v) is 5.97. The molecule has 16 heavy (non-hydrogen) atoms. The van der Waals surface area contributed by atoms with Crippen LogP contribution in [-0.2, 0) is 12.0 Å². The fourth-order valence-electron chi connectivity index (χ4n) is 1.18. The van der Waals surface area contributed by atoms with Crippen LogP contribution in [0.4, 0.5) is 0 Å². The Morgan fingerprint density at radius 3 is 2.31 bits per heavy atom. The van der Waals surface area contributed by atoms with Gasteiger partial charge < -0.3 is 9.73 Å². The molecule has 0 saturated heterocycles. The first-order valence-corrected chi connectivity index (χ1v) is 5.94. The van der Waals surface area contributed by atoms with Gasteiger partial charge in [0.25, 0.3) is 0 Å². The first kappa shape index (κ1) is 13.2. The lowest BCUT2D eigenvalue weighted by Crippen LogP contribution is -2.37. The number of oxazole rings is 1. The van der Waals surface area contributed by atoms with Crippen molar-refractivity contribution in [2.45, 2.75) is 65.5 Å². The van der Waals surface area contributed by atoms with Crippen LogP contribution in [-0.4, -0.2) is 10.5 Å². The van der Waals surface area contributed by atoms with Gasteiger partial charge in [-0.3, -0.25) is 0 Å². The first-order chi connectivity index (χ1) is 7.24. The Morgan fingerprint density at radius 2 is 1.88 bits per heavy atom. The van der Waals surface area contributed by atoms with Gasteiger partial charge in [0, 0.05) is 11.0 Å². The SMILES string of the molecule is CCC(C)(C)NCc1nc(C(C)(C)C)co1. The van der Waals surface area contributed by atoms with Crippen LogP contribution >= 0.6 is 0 Å². The third-order valence-corrected chi connectivity index (χ3v) is 2.92. The maximum absolute atomic E-state index is 5.46. The molecule has 3 heteroatoms. The summed E-state index contributed by atoms with van der Waals surface area (Å²) in [6, 6.07) is 0. The summed E-state index contributed by atoms with van der Waals surface area (Å²) >= 11 is 0. The highest BCUT2D eigenvalue weighted by Crippen LogP contribution is 2.21. The van der Waals surface area contributed by atoms with Crippen molar-refractivity contribution in [1.29, 1.82) is 0 Å². The van der Waals surface area contributed by atoms with E-state index in [0.717, 1.165) is 18.0 Å². The molecule has 92 valence electrons. The van der Waals surface area contributed by atoms with Crippen molar-refractivity contribution >= 4 is 0 Å². The van der Waals surface area contributed by atoms with Gasteiger partial charge in [0.1, 0.15) is 6.26 Å². The Bertz CT molecular complexity index is 334. The van der Waals surface area contributed by atoms with Gasteiger partial charge in [0.15, 0.2) is 0 Å². The van der Waals surface area contributed by atoms with Crippen molar-refractivity contribution in [3.63, 3.8) is 0 Å². The molecule has 1 heterocycles. The summed E-state index contributed by atoms with van der Waals surface area (Å²) < 4.78 is 5.46. The second kappa shape index (κ2) is 4.58. The first-order valence-electron chi connectivity index (χ1n) is 5.94. The minimum atomic E-state index is 0.0576. The van der Waals surface area contributed by atoms with Gasteiger partial charge in [-0.25, -0.2) is 4.98 Å². The van der Waals surface area contributed by atoms with Gasteiger partial charge in [-0.2, -0.15) is 0 Å². The third kappa shape index (κ3) is 3.63. The fourth-order valence-corrected chi connectivity index (χ4v) is 1.18. The molecule has 0 aliphatic carbocycles. The summed E-state index contributed by atoms with van der Waals surface area (Å²) in [6.07, 6.45) is 2.84. The Kier molecular flexibility index (Phi) is 3.79. The molecule has 0 aromatic carbocycles. The highest BCUT2D eigenvalue weighted by atomic mass is 16.3. The van der Waals surface area contributed by atoms with E-state index in [-0.39, 0.29) is 11.0 Å². The van der Waals surface area contributed by atoms with E-state index in [1.165, 1.54) is 0 Å². The lowest BCUT2D eigenvalue weighted by atomic mass is 9.93. The number of nitrogens with one attached hydrogen (secondary N) is 1. The van der Waals surface area contributed by atoms with E-state index in [4.69, 9.17) is 4.42 Å². The van der Waals surface area contributed by atoms with Crippen LogP contribution in [0.1, 0.15) is 59.5 Å². The molecule has 0 atom stereocenters. The number of rotatable bonds is 4. The Morgan fingerprint density at radius 1 is 1.25 bits per heavy atom. The fraction of sp³-hybridized carbons (Fsp3) is 0.769. The molecule has 0 bridgehead atoms. The van der Waals surface area contributed by atoms with Crippen LogP contribution < -0.4 is 5.32 Å². The van der Waals surface area contributed by atoms with Crippen molar-refractivity contribution in [1.82, 2.24) is 10.3 Å². The molecule has 0 radical (unpaired) electrons. The number of nitrogens with zero attached hydrogens (tertiary/aromatic N) is 1. The standard InChI is InChI=1S/C13H24N2O/c1-7-13(5,6)14-8-11-15-10(9-16-11)12(2,3)4/h9,14H,7-8H2,1-6H3. The molecule has 0 fully saturated rings. The lowest BCUT2D eigenvalue weighted by Gasteiger charge is -2.23. The highest BCUT2D eigenvalue weighted by Gasteiger charge is 2.20. The van der Waals surface area contributed by atoms with E-state index in [2.05, 4.69) is 51.8 Å². The van der Waals surface area contributed by atoms with E-state index in [0.29, 0.717) is 6.54 Å². The van der Waals surface area contributed by atoms with Crippen LogP contribution in [0.5, 0.6) is 0 Å². The molecule has 1 aromatic rings. The van der Waals surface area contributed by atoms with Crippen LogP contribution in [0, 0.1) is 0 Å². The molecule has 3 nitrogen and oxygen atoms in total. The molecule has 0 amide bonds. The Labute approximate surface area is 98.6 Å². The van der Waals surface area contributed by atoms with Crippen LogP contribution in [0.25, 0.3) is 0 Å². The van der Waals surface area contributed by atoms with Gasteiger partial charge in [0.05, 0.1) is 12.2 Å². The van der Waals surface area contributed by atoms with Crippen molar-refractivity contribution in [2.75, 3.05) is 0 Å². The Hall–Kier alpha value is -0.830. The minimum Gasteiger partial charge on any atom is -0.447 e. The van der Waals surface area contributed by atoms with E-state index in [1.54, 1.807) is 6.26 Å². The summed E-state index contributed by atoms with van der Waals surface area (Å²) in [5, 5.41) is 3.43. The molecular weight excluding hydrogens is 200 g/mol. The molecule has 1 N–H and O–H groups in total. The molecule has 0 aliphatic rings. The van der Waals surface area contributed by atoms with Crippen molar-refractivity contribution in [2.24, 2.45) is 0 Å². The van der Waals surface area contributed by atoms with Gasteiger partial charge in [-0.1, -0.05) is 27.7 Å². The molecule has 1 aromatic heterocycles. The molecule has 0 spiro atoms. The van der Waals surface area contributed by atoms with Gasteiger partial charge in [-0.15, -0.1) is 0 Å². The summed E-state index contributed by atoms with van der Waals surface area (Å²) in [5.41, 5.74) is 1.21. The van der Waals surface area contributed by atoms with E-state index < -0.39 is 0 Å². The second-order valence-electron chi connectivity index (χ2n) is 5.97. The van der Waals surface area contributed by atoms with Crippen LogP contribution in [0.15, 0.2) is 10.7 Å². The average Bonchev–Trinajstić information content (AvgIpc) is 2.63. The predicted octanol–water partition coefficient (Wildman–Crippen LogP) is 3.25. The molecule has 0 saturated carbocycles. The summed E-state index contributed by atoms with van der Waals surface area (Å²) in [7, 11) is 0. The van der Waals surface area contributed by atoms with Gasteiger partial charge >= 0.3 is 0 Å². The number of hydrogen-bond acceptors (Lipinski definition) is 3. The molecule has 1 rings (SSSR count). The maximum atomic E-state index is 5.46. The molecule has 0 unspecified atom stereocenters. The topological polar surface area (TPSA) is 38.1 Å². The minimum absolute atomic E-state index is 0.0576. The third-order valence-electron chi connectivity index (χ3n) is 2.92. The van der Waals surface area contributed by atoms with Crippen molar-refractivity contribution in [3.8, 4) is 0 Å². The van der Waals surface area contributed by atoms with Crippen molar-refractivity contribution < 1.29 is 4.42 Å². The van der Waals surface area contributed by atoms with Gasteiger partial charge in [0.2, 0.25) is 5.89 Å². The summed E-state index contributed by atoms with van der Waals surface area (Å²) in [4.78, 5) is 4.49. The normalized spacial score (nSPS) is 13.1. The zero-order chi connectivity index (χ0) is 12.4. The van der Waals surface area contributed by atoms with E-state index >= 15 is 0 Å². The molecule has 0 aliphatic heterocycles. The smallest absolute Gasteiger partial charge is 0.208 e. The number of hydrogen-bond donors (Lipinski definition) is 1. The maximum Gasteiger partial charge on any atom is 0.208 e. The highest BCUT2D eigenvalue weighted by molar-refractivity contribution is 5.08. The van der Waals surface area contributed by atoms with Crippen molar-refractivity contribution in [3.05, 3.63) is 17.8 Å². The Balaban J connectivity index is 2.60. The monoisotopic (exact) mass is 224 g/mol. The van der Waals surface area contributed by atoms with E-state index in [1.807, 2.05) is 0 Å². The number of aromatic nitrogens is 1. The zero-order valence-corrected chi connectivity index (χ0v) is 11.3. The quantitative estimate of drug-likeness (QED) is 0.853. The zero-order valence-electron chi connectivity index (χ0n) is 11.3. The average molecular weight is 224 g/mol. The van der Waals surface area contributed by atoms with E-state index in [9.17, 15) is 0 Å².